The summed E-state index contributed by atoms with van der Waals surface area (Å²) in [5, 5.41) is 9.51. The standard InChI is InChI=1S/C12H17NO2/c1-4-13(5-2)12(15)10-7-6-9(3)11(14)8-10/h6-8,14H,4-5H2,1-3H3. The minimum Gasteiger partial charge on any atom is -0.508 e. The highest BCUT2D eigenvalue weighted by Crippen LogP contribution is 2.18. The molecule has 0 fully saturated rings. The molecule has 0 aliphatic carbocycles. The molecule has 0 atom stereocenters. The van der Waals surface area contributed by atoms with E-state index in [9.17, 15) is 9.90 Å². The Morgan fingerprint density at radius 2 is 1.93 bits per heavy atom. The van der Waals surface area contributed by atoms with E-state index >= 15 is 0 Å². The summed E-state index contributed by atoms with van der Waals surface area (Å²) in [4.78, 5) is 13.6. The lowest BCUT2D eigenvalue weighted by Gasteiger charge is -2.18. The maximum absolute atomic E-state index is 11.9. The highest BCUT2D eigenvalue weighted by Gasteiger charge is 2.12. The van der Waals surface area contributed by atoms with Crippen molar-refractivity contribution in [3.05, 3.63) is 29.3 Å². The Bertz CT molecular complexity index is 357. The van der Waals surface area contributed by atoms with Crippen molar-refractivity contribution < 1.29 is 9.90 Å². The van der Waals surface area contributed by atoms with Crippen LogP contribution in [0.25, 0.3) is 0 Å². The first kappa shape index (κ1) is 11.6. The quantitative estimate of drug-likeness (QED) is 0.825. The molecule has 0 bridgehead atoms. The molecule has 0 saturated heterocycles. The van der Waals surface area contributed by atoms with E-state index in [1.807, 2.05) is 13.8 Å². The fraction of sp³-hybridized carbons (Fsp3) is 0.417. The molecule has 15 heavy (non-hydrogen) atoms. The van der Waals surface area contributed by atoms with Crippen molar-refractivity contribution in [3.8, 4) is 5.75 Å². The van der Waals surface area contributed by atoms with Crippen molar-refractivity contribution in [2.75, 3.05) is 13.1 Å². The van der Waals surface area contributed by atoms with Crippen molar-refractivity contribution in [3.63, 3.8) is 0 Å². The van der Waals surface area contributed by atoms with Gasteiger partial charge in [0.1, 0.15) is 5.75 Å². The van der Waals surface area contributed by atoms with Gasteiger partial charge in [-0.2, -0.15) is 0 Å². The van der Waals surface area contributed by atoms with Crippen molar-refractivity contribution >= 4 is 5.91 Å². The van der Waals surface area contributed by atoms with Crippen LogP contribution in [-0.4, -0.2) is 29.0 Å². The van der Waals surface area contributed by atoms with E-state index in [-0.39, 0.29) is 11.7 Å². The first-order valence-electron chi connectivity index (χ1n) is 5.19. The van der Waals surface area contributed by atoms with Crippen LogP contribution in [0.5, 0.6) is 5.75 Å². The summed E-state index contributed by atoms with van der Waals surface area (Å²) in [6.45, 7) is 7.06. The average Bonchev–Trinajstić information content (AvgIpc) is 2.23. The Balaban J connectivity index is 2.96. The van der Waals surface area contributed by atoms with Gasteiger partial charge in [-0.3, -0.25) is 4.79 Å². The summed E-state index contributed by atoms with van der Waals surface area (Å²) in [7, 11) is 0. The minimum atomic E-state index is -0.0321. The zero-order chi connectivity index (χ0) is 11.4. The normalized spacial score (nSPS) is 10.1. The number of phenolic OH excluding ortho intramolecular Hbond substituents is 1. The molecular formula is C12H17NO2. The highest BCUT2D eigenvalue weighted by molar-refractivity contribution is 5.94. The molecule has 1 aromatic rings. The molecule has 3 heteroatoms. The van der Waals surface area contributed by atoms with Gasteiger partial charge in [0, 0.05) is 18.7 Å². The van der Waals surface area contributed by atoms with E-state index in [4.69, 9.17) is 0 Å². The van der Waals surface area contributed by atoms with Crippen LogP contribution in [0.3, 0.4) is 0 Å². The minimum absolute atomic E-state index is 0.0321. The fourth-order valence-corrected chi connectivity index (χ4v) is 1.44. The number of carbonyl (C=O) groups excluding carboxylic acids is 1. The summed E-state index contributed by atoms with van der Waals surface area (Å²) in [6.07, 6.45) is 0. The Morgan fingerprint density at radius 3 is 2.40 bits per heavy atom. The second-order valence-corrected chi connectivity index (χ2v) is 3.48. The molecule has 0 spiro atoms. The monoisotopic (exact) mass is 207 g/mol. The number of phenols is 1. The molecule has 0 heterocycles. The Kier molecular flexibility index (Phi) is 3.72. The number of benzene rings is 1. The predicted molar refractivity (Wildman–Crippen MR) is 60.1 cm³/mol. The molecule has 82 valence electrons. The zero-order valence-electron chi connectivity index (χ0n) is 9.45. The molecule has 1 N–H and O–H groups in total. The van der Waals surface area contributed by atoms with Crippen molar-refractivity contribution in [1.82, 2.24) is 4.90 Å². The Morgan fingerprint density at radius 1 is 1.33 bits per heavy atom. The second-order valence-electron chi connectivity index (χ2n) is 3.48. The van der Waals surface area contributed by atoms with Crippen molar-refractivity contribution in [1.29, 1.82) is 0 Å². The van der Waals surface area contributed by atoms with Gasteiger partial charge in [-0.1, -0.05) is 6.07 Å². The molecule has 1 rings (SSSR count). The van der Waals surface area contributed by atoms with E-state index < -0.39 is 0 Å². The summed E-state index contributed by atoms with van der Waals surface area (Å²) in [6, 6.07) is 5.03. The predicted octanol–water partition coefficient (Wildman–Crippen LogP) is 2.18. The average molecular weight is 207 g/mol. The van der Waals surface area contributed by atoms with Gasteiger partial charge in [0.2, 0.25) is 0 Å². The van der Waals surface area contributed by atoms with Gasteiger partial charge in [0.25, 0.3) is 5.91 Å². The Hall–Kier alpha value is -1.51. The third-order valence-corrected chi connectivity index (χ3v) is 2.51. The summed E-state index contributed by atoms with van der Waals surface area (Å²) >= 11 is 0. The molecule has 0 radical (unpaired) electrons. The first-order valence-corrected chi connectivity index (χ1v) is 5.19. The molecule has 0 unspecified atom stereocenters. The number of aromatic hydroxyl groups is 1. The van der Waals surface area contributed by atoms with Gasteiger partial charge in [-0.15, -0.1) is 0 Å². The van der Waals surface area contributed by atoms with Gasteiger partial charge in [-0.25, -0.2) is 0 Å². The van der Waals surface area contributed by atoms with Crippen LogP contribution in [-0.2, 0) is 0 Å². The van der Waals surface area contributed by atoms with Gasteiger partial charge < -0.3 is 10.0 Å². The lowest BCUT2D eigenvalue weighted by molar-refractivity contribution is 0.0772. The summed E-state index contributed by atoms with van der Waals surface area (Å²) < 4.78 is 0. The first-order chi connectivity index (χ1) is 7.10. The van der Waals surface area contributed by atoms with E-state index in [0.717, 1.165) is 5.56 Å². The molecular weight excluding hydrogens is 190 g/mol. The number of carbonyl (C=O) groups is 1. The van der Waals surface area contributed by atoms with Crippen LogP contribution in [0.1, 0.15) is 29.8 Å². The lowest BCUT2D eigenvalue weighted by atomic mass is 10.1. The highest BCUT2D eigenvalue weighted by atomic mass is 16.3. The van der Waals surface area contributed by atoms with Crippen LogP contribution < -0.4 is 0 Å². The fourth-order valence-electron chi connectivity index (χ4n) is 1.44. The van der Waals surface area contributed by atoms with Crippen molar-refractivity contribution in [2.24, 2.45) is 0 Å². The summed E-state index contributed by atoms with van der Waals surface area (Å²) in [5.41, 5.74) is 1.33. The van der Waals surface area contributed by atoms with Crippen LogP contribution in [0, 0.1) is 6.92 Å². The molecule has 1 aromatic carbocycles. The lowest BCUT2D eigenvalue weighted by Crippen LogP contribution is -2.30. The molecule has 0 aliphatic rings. The van der Waals surface area contributed by atoms with Crippen molar-refractivity contribution in [2.45, 2.75) is 20.8 Å². The SMILES string of the molecule is CCN(CC)C(=O)c1ccc(C)c(O)c1. The second kappa shape index (κ2) is 4.82. The third-order valence-electron chi connectivity index (χ3n) is 2.51. The molecule has 0 saturated carbocycles. The summed E-state index contributed by atoms with van der Waals surface area (Å²) in [5.74, 6) is 0.142. The maximum atomic E-state index is 11.9. The largest absolute Gasteiger partial charge is 0.508 e. The number of hydrogen-bond acceptors (Lipinski definition) is 2. The molecule has 0 aliphatic heterocycles. The molecule has 0 aromatic heterocycles. The van der Waals surface area contributed by atoms with Gasteiger partial charge >= 0.3 is 0 Å². The zero-order valence-corrected chi connectivity index (χ0v) is 9.45. The number of aryl methyl sites for hydroxylation is 1. The van der Waals surface area contributed by atoms with E-state index in [1.54, 1.807) is 24.0 Å². The molecule has 1 amide bonds. The van der Waals surface area contributed by atoms with Crippen LogP contribution >= 0.6 is 0 Å². The topological polar surface area (TPSA) is 40.5 Å². The number of rotatable bonds is 3. The van der Waals surface area contributed by atoms with E-state index in [1.165, 1.54) is 6.07 Å². The van der Waals surface area contributed by atoms with Crippen LogP contribution in [0.15, 0.2) is 18.2 Å². The van der Waals surface area contributed by atoms with Crippen LogP contribution in [0.2, 0.25) is 0 Å². The van der Waals surface area contributed by atoms with Gasteiger partial charge in [-0.05, 0) is 38.5 Å². The number of amides is 1. The Labute approximate surface area is 90.3 Å². The van der Waals surface area contributed by atoms with Gasteiger partial charge in [0.15, 0.2) is 0 Å². The van der Waals surface area contributed by atoms with Crippen LogP contribution in [0.4, 0.5) is 0 Å². The van der Waals surface area contributed by atoms with E-state index in [0.29, 0.717) is 18.7 Å². The number of hydrogen-bond donors (Lipinski definition) is 1. The molecule has 3 nitrogen and oxygen atoms in total. The smallest absolute Gasteiger partial charge is 0.253 e. The third kappa shape index (κ3) is 2.49. The number of nitrogens with zero attached hydrogens (tertiary/aromatic N) is 1. The van der Waals surface area contributed by atoms with E-state index in [2.05, 4.69) is 0 Å². The maximum Gasteiger partial charge on any atom is 0.253 e. The van der Waals surface area contributed by atoms with Gasteiger partial charge in [0.05, 0.1) is 0 Å².